The number of benzene rings is 2. The van der Waals surface area contributed by atoms with Gasteiger partial charge in [0.2, 0.25) is 0 Å². The predicted octanol–water partition coefficient (Wildman–Crippen LogP) is 2.50. The van der Waals surface area contributed by atoms with Crippen molar-refractivity contribution in [1.82, 2.24) is 15.1 Å². The van der Waals surface area contributed by atoms with Crippen LogP contribution in [-0.2, 0) is 15.4 Å². The van der Waals surface area contributed by atoms with E-state index in [2.05, 4.69) is 10.6 Å². The molecule has 1 aliphatic heterocycles. The molecule has 0 aromatic heterocycles. The molecule has 0 aliphatic carbocycles. The summed E-state index contributed by atoms with van der Waals surface area (Å²) >= 11 is 0. The van der Waals surface area contributed by atoms with Gasteiger partial charge in [0, 0.05) is 12.0 Å². The van der Waals surface area contributed by atoms with Crippen LogP contribution in [-0.4, -0.2) is 56.1 Å². The van der Waals surface area contributed by atoms with Crippen LogP contribution in [0.5, 0.6) is 5.75 Å². The van der Waals surface area contributed by atoms with Crippen molar-refractivity contribution in [1.29, 1.82) is 0 Å². The highest BCUT2D eigenvalue weighted by Crippen LogP contribution is 2.40. The van der Waals surface area contributed by atoms with Gasteiger partial charge in [-0.1, -0.05) is 46.9 Å². The highest BCUT2D eigenvalue weighted by Gasteiger charge is 2.50. The van der Waals surface area contributed by atoms with Gasteiger partial charge < -0.3 is 15.4 Å². The fourth-order valence-electron chi connectivity index (χ4n) is 4.39. The molecule has 0 spiro atoms. The lowest BCUT2D eigenvalue weighted by molar-refractivity contribution is 0.00525. The summed E-state index contributed by atoms with van der Waals surface area (Å²) in [5.41, 5.74) is 0.102. The zero-order valence-electron chi connectivity index (χ0n) is 18.5. The Labute approximate surface area is 189 Å². The van der Waals surface area contributed by atoms with Crippen LogP contribution in [0.2, 0.25) is 0 Å². The number of para-hydroxylation sites is 1. The highest BCUT2D eigenvalue weighted by atomic mass is 32.2. The normalized spacial score (nSPS) is 20.4. The summed E-state index contributed by atoms with van der Waals surface area (Å²) in [7, 11) is -2.85. The van der Waals surface area contributed by atoms with E-state index in [0.717, 1.165) is 18.5 Å². The highest BCUT2D eigenvalue weighted by molar-refractivity contribution is 7.89. The van der Waals surface area contributed by atoms with E-state index >= 15 is 0 Å². The van der Waals surface area contributed by atoms with Gasteiger partial charge in [-0.15, -0.1) is 0 Å². The van der Waals surface area contributed by atoms with Gasteiger partial charge in [-0.2, -0.15) is 0 Å². The van der Waals surface area contributed by atoms with E-state index in [1.807, 2.05) is 30.3 Å². The summed E-state index contributed by atoms with van der Waals surface area (Å²) in [5.74, 6) is -0.234. The van der Waals surface area contributed by atoms with Crippen LogP contribution < -0.4 is 15.4 Å². The number of hydrogen-bond donors (Lipinski definition) is 3. The van der Waals surface area contributed by atoms with Crippen molar-refractivity contribution >= 4 is 15.9 Å². The second-order valence-electron chi connectivity index (χ2n) is 7.86. The Morgan fingerprint density at radius 1 is 1.16 bits per heavy atom. The zero-order chi connectivity index (χ0) is 23.2. The van der Waals surface area contributed by atoms with Gasteiger partial charge in [0.1, 0.15) is 5.75 Å². The molecule has 2 unspecified atom stereocenters. The standard InChI is InChI=1S/C23H31N3O5S/c1-3-26(28)32(29,30)22(25-21(27)19-12-7-8-13-20(19)31-2)23(14-9-16-24-17-15-23)18-10-5-4-6-11-18/h4-8,10-13,22,24,28H,3,9,14-17H2,1-2H3,(H,25,27). The number of ether oxygens (including phenoxy) is 1. The van der Waals surface area contributed by atoms with Gasteiger partial charge in [-0.25, -0.2) is 8.42 Å². The van der Waals surface area contributed by atoms with Crippen LogP contribution in [0.1, 0.15) is 42.1 Å². The molecule has 1 aliphatic rings. The average Bonchev–Trinajstić information content (AvgIpc) is 3.09. The maximum atomic E-state index is 13.6. The fourth-order valence-corrected chi connectivity index (χ4v) is 6.19. The number of carbonyl (C=O) groups excluding carboxylic acids is 1. The number of amides is 1. The van der Waals surface area contributed by atoms with E-state index in [0.29, 0.717) is 29.6 Å². The van der Waals surface area contributed by atoms with E-state index in [1.54, 1.807) is 31.2 Å². The van der Waals surface area contributed by atoms with E-state index < -0.39 is 26.7 Å². The number of hydrogen-bond acceptors (Lipinski definition) is 6. The summed E-state index contributed by atoms with van der Waals surface area (Å²) in [6.07, 6.45) is 1.73. The third-order valence-corrected chi connectivity index (χ3v) is 8.06. The molecular weight excluding hydrogens is 430 g/mol. The molecule has 2 aromatic carbocycles. The van der Waals surface area contributed by atoms with Gasteiger partial charge >= 0.3 is 0 Å². The Morgan fingerprint density at radius 3 is 2.53 bits per heavy atom. The molecule has 1 heterocycles. The Bertz CT molecular complexity index is 1010. The van der Waals surface area contributed by atoms with E-state index in [-0.39, 0.29) is 12.1 Å². The average molecular weight is 462 g/mol. The molecule has 0 saturated carbocycles. The summed E-state index contributed by atoms with van der Waals surface area (Å²) in [4.78, 5) is 13.3. The number of nitrogens with one attached hydrogen (secondary N) is 2. The summed E-state index contributed by atoms with van der Waals surface area (Å²) in [5, 5.41) is 15.1. The van der Waals surface area contributed by atoms with Crippen molar-refractivity contribution in [2.75, 3.05) is 26.7 Å². The van der Waals surface area contributed by atoms with Crippen molar-refractivity contribution in [3.63, 3.8) is 0 Å². The first kappa shape index (κ1) is 24.2. The largest absolute Gasteiger partial charge is 0.496 e. The Morgan fingerprint density at radius 2 is 1.84 bits per heavy atom. The Balaban J connectivity index is 2.15. The second kappa shape index (κ2) is 10.4. The third-order valence-electron chi connectivity index (χ3n) is 6.05. The van der Waals surface area contributed by atoms with Gasteiger partial charge in [0.25, 0.3) is 15.9 Å². The molecule has 174 valence electrons. The van der Waals surface area contributed by atoms with Crippen LogP contribution in [0.15, 0.2) is 54.6 Å². The molecule has 0 radical (unpaired) electrons. The molecule has 0 bridgehead atoms. The smallest absolute Gasteiger partial charge is 0.257 e. The molecule has 3 N–H and O–H groups in total. The first-order chi connectivity index (χ1) is 15.4. The van der Waals surface area contributed by atoms with Gasteiger partial charge in [-0.3, -0.25) is 10.0 Å². The van der Waals surface area contributed by atoms with Crippen LogP contribution >= 0.6 is 0 Å². The SMILES string of the molecule is CCN(O)S(=O)(=O)C(NC(=O)c1ccccc1OC)C1(c2ccccc2)CCCNCC1. The summed E-state index contributed by atoms with van der Waals surface area (Å²) in [6.45, 7) is 2.74. The van der Waals surface area contributed by atoms with Crippen LogP contribution in [0.4, 0.5) is 0 Å². The second-order valence-corrected chi connectivity index (χ2v) is 9.79. The topological polar surface area (TPSA) is 108 Å². The lowest BCUT2D eigenvalue weighted by atomic mass is 9.74. The lowest BCUT2D eigenvalue weighted by Gasteiger charge is -2.41. The number of sulfonamides is 1. The molecule has 1 saturated heterocycles. The molecule has 1 fully saturated rings. The number of hydroxylamine groups is 1. The minimum absolute atomic E-state index is 0.132. The molecule has 32 heavy (non-hydrogen) atoms. The minimum Gasteiger partial charge on any atom is -0.496 e. The molecule has 8 nitrogen and oxygen atoms in total. The van der Waals surface area contributed by atoms with Gasteiger partial charge in [0.15, 0.2) is 5.37 Å². The van der Waals surface area contributed by atoms with Crippen molar-refractivity contribution in [3.8, 4) is 5.75 Å². The number of rotatable bonds is 8. The van der Waals surface area contributed by atoms with Gasteiger partial charge in [0.05, 0.1) is 12.7 Å². The number of methoxy groups -OCH3 is 1. The molecule has 3 rings (SSSR count). The van der Waals surface area contributed by atoms with E-state index in [1.165, 1.54) is 7.11 Å². The predicted molar refractivity (Wildman–Crippen MR) is 122 cm³/mol. The number of carbonyl (C=O) groups is 1. The molecule has 2 atom stereocenters. The monoisotopic (exact) mass is 461 g/mol. The first-order valence-corrected chi connectivity index (χ1v) is 12.3. The quantitative estimate of drug-likeness (QED) is 0.522. The van der Waals surface area contributed by atoms with Crippen LogP contribution in [0.3, 0.4) is 0 Å². The van der Waals surface area contributed by atoms with Crippen LogP contribution in [0, 0.1) is 0 Å². The van der Waals surface area contributed by atoms with Crippen molar-refractivity contribution in [3.05, 3.63) is 65.7 Å². The first-order valence-electron chi connectivity index (χ1n) is 10.8. The minimum atomic E-state index is -4.31. The number of nitrogens with zero attached hydrogens (tertiary/aromatic N) is 1. The summed E-state index contributed by atoms with van der Waals surface area (Å²) in [6, 6.07) is 16.0. The zero-order valence-corrected chi connectivity index (χ0v) is 19.3. The molecule has 1 amide bonds. The van der Waals surface area contributed by atoms with Crippen molar-refractivity contribution in [2.45, 2.75) is 37.0 Å². The fraction of sp³-hybridized carbons (Fsp3) is 0.435. The maximum Gasteiger partial charge on any atom is 0.257 e. The third kappa shape index (κ3) is 4.80. The van der Waals surface area contributed by atoms with E-state index in [9.17, 15) is 18.4 Å². The molecule has 9 heteroatoms. The van der Waals surface area contributed by atoms with Crippen molar-refractivity contribution < 1.29 is 23.2 Å². The van der Waals surface area contributed by atoms with Crippen molar-refractivity contribution in [2.24, 2.45) is 0 Å². The Kier molecular flexibility index (Phi) is 7.89. The molecular formula is C23H31N3O5S. The molecule has 2 aromatic rings. The van der Waals surface area contributed by atoms with E-state index in [4.69, 9.17) is 4.74 Å². The Hall–Kier alpha value is -2.46. The van der Waals surface area contributed by atoms with Crippen LogP contribution in [0.25, 0.3) is 0 Å². The maximum absolute atomic E-state index is 13.6. The van der Waals surface area contributed by atoms with Gasteiger partial charge in [-0.05, 0) is 57.0 Å². The lowest BCUT2D eigenvalue weighted by Crippen LogP contribution is -2.58. The summed E-state index contributed by atoms with van der Waals surface area (Å²) < 4.78 is 32.8.